The number of aliphatic carboxylic acids is 1. The van der Waals surface area contributed by atoms with Gasteiger partial charge in [-0.05, 0) is 44.6 Å². The lowest BCUT2D eigenvalue weighted by Gasteiger charge is -2.35. The zero-order chi connectivity index (χ0) is 21.3. The molecule has 1 unspecified atom stereocenters. The Kier molecular flexibility index (Phi) is 9.34. The smallest absolute Gasteiger partial charge is 0.323 e. The molecular formula is C21H33N2O5P. The zero-order valence-electron chi connectivity index (χ0n) is 17.1. The van der Waals surface area contributed by atoms with E-state index in [4.69, 9.17) is 0 Å². The summed E-state index contributed by atoms with van der Waals surface area (Å²) >= 11 is 0. The first-order valence-corrected chi connectivity index (χ1v) is 12.3. The van der Waals surface area contributed by atoms with Crippen molar-refractivity contribution in [3.8, 4) is 0 Å². The van der Waals surface area contributed by atoms with Crippen molar-refractivity contribution in [2.45, 2.75) is 70.4 Å². The minimum Gasteiger partial charge on any atom is -0.480 e. The van der Waals surface area contributed by atoms with Crippen molar-refractivity contribution in [1.29, 1.82) is 0 Å². The molecule has 0 aromatic heterocycles. The number of amides is 1. The van der Waals surface area contributed by atoms with Crippen LogP contribution in [0.5, 0.6) is 0 Å². The predicted molar refractivity (Wildman–Crippen MR) is 113 cm³/mol. The largest absolute Gasteiger partial charge is 0.480 e. The van der Waals surface area contributed by atoms with Gasteiger partial charge in [0.05, 0.1) is 6.04 Å². The number of hydrogen-bond donors (Lipinski definition) is 3. The second-order valence-electron chi connectivity index (χ2n) is 7.87. The normalized spacial score (nSPS) is 18.0. The average Bonchev–Trinajstić information content (AvgIpc) is 2.70. The number of nitrogens with zero attached hydrogens (tertiary/aromatic N) is 1. The molecule has 29 heavy (non-hydrogen) atoms. The highest BCUT2D eigenvalue weighted by molar-refractivity contribution is 7.55. The number of rotatable bonds is 11. The fourth-order valence-electron chi connectivity index (χ4n) is 3.90. The Morgan fingerprint density at radius 3 is 2.45 bits per heavy atom. The lowest BCUT2D eigenvalue weighted by molar-refractivity contribution is -0.147. The Hall–Kier alpha value is -1.69. The quantitative estimate of drug-likeness (QED) is 0.371. The fourth-order valence-corrected chi connectivity index (χ4v) is 5.39. The molecule has 1 amide bonds. The molecule has 0 heterocycles. The van der Waals surface area contributed by atoms with Gasteiger partial charge in [-0.2, -0.15) is 0 Å². The summed E-state index contributed by atoms with van der Waals surface area (Å²) in [6.07, 6.45) is 6.86. The second kappa shape index (κ2) is 11.5. The Morgan fingerprint density at radius 2 is 1.83 bits per heavy atom. The van der Waals surface area contributed by atoms with Gasteiger partial charge in [0.15, 0.2) is 0 Å². The highest BCUT2D eigenvalue weighted by Gasteiger charge is 2.32. The van der Waals surface area contributed by atoms with E-state index < -0.39 is 25.4 Å². The van der Waals surface area contributed by atoms with Crippen LogP contribution >= 0.6 is 7.52 Å². The lowest BCUT2D eigenvalue weighted by atomic mass is 9.94. The number of unbranched alkanes of at least 4 members (excludes halogenated alkanes) is 1. The molecule has 1 aliphatic carbocycles. The van der Waals surface area contributed by atoms with E-state index in [1.54, 1.807) is 0 Å². The molecule has 0 bridgehead atoms. The van der Waals surface area contributed by atoms with Gasteiger partial charge in [0.1, 0.15) is 6.54 Å². The van der Waals surface area contributed by atoms with Gasteiger partial charge in [-0.1, -0.05) is 49.6 Å². The SMILES string of the molecule is C[C@H](NP(=O)(O)CCCCc1ccccc1)C(=O)N(CC(=O)O)C1CCCCC1. The van der Waals surface area contributed by atoms with Gasteiger partial charge in [-0.15, -0.1) is 0 Å². The predicted octanol–water partition coefficient (Wildman–Crippen LogP) is 3.42. The molecular weight excluding hydrogens is 391 g/mol. The summed E-state index contributed by atoms with van der Waals surface area (Å²) in [5.41, 5.74) is 1.19. The summed E-state index contributed by atoms with van der Waals surface area (Å²) in [6, 6.07) is 8.93. The van der Waals surface area contributed by atoms with E-state index in [2.05, 4.69) is 5.09 Å². The lowest BCUT2D eigenvalue weighted by Crippen LogP contribution is -2.51. The number of carboxylic acids is 1. The van der Waals surface area contributed by atoms with Crippen LogP contribution in [-0.2, 0) is 20.6 Å². The third-order valence-electron chi connectivity index (χ3n) is 5.39. The first-order valence-electron chi connectivity index (χ1n) is 10.4. The minimum absolute atomic E-state index is 0.0831. The topological polar surface area (TPSA) is 107 Å². The molecule has 1 fully saturated rings. The van der Waals surface area contributed by atoms with E-state index in [-0.39, 0.29) is 18.7 Å². The van der Waals surface area contributed by atoms with Crippen LogP contribution in [0.3, 0.4) is 0 Å². The Labute approximate surface area is 173 Å². The molecule has 7 nitrogen and oxygen atoms in total. The highest BCUT2D eigenvalue weighted by Crippen LogP contribution is 2.37. The summed E-state index contributed by atoms with van der Waals surface area (Å²) in [4.78, 5) is 35.7. The van der Waals surface area contributed by atoms with Gasteiger partial charge in [0.2, 0.25) is 5.91 Å². The van der Waals surface area contributed by atoms with Crippen LogP contribution in [0.4, 0.5) is 0 Å². The van der Waals surface area contributed by atoms with Crippen LogP contribution in [-0.4, -0.2) is 51.6 Å². The highest BCUT2D eigenvalue weighted by atomic mass is 31.2. The number of aryl methyl sites for hydroxylation is 1. The van der Waals surface area contributed by atoms with E-state index in [0.29, 0.717) is 6.42 Å². The van der Waals surface area contributed by atoms with Crippen molar-refractivity contribution >= 4 is 19.4 Å². The van der Waals surface area contributed by atoms with E-state index in [0.717, 1.165) is 44.9 Å². The molecule has 0 aliphatic heterocycles. The molecule has 1 aromatic rings. The maximum atomic E-state index is 12.8. The summed E-state index contributed by atoms with van der Waals surface area (Å²) in [6.45, 7) is 1.16. The van der Waals surface area contributed by atoms with E-state index in [9.17, 15) is 24.2 Å². The van der Waals surface area contributed by atoms with Crippen LogP contribution < -0.4 is 5.09 Å². The summed E-state index contributed by atoms with van der Waals surface area (Å²) in [7, 11) is -3.68. The third kappa shape index (κ3) is 8.29. The first kappa shape index (κ1) is 23.6. The number of benzene rings is 1. The Morgan fingerprint density at radius 1 is 1.17 bits per heavy atom. The molecule has 1 aliphatic rings. The van der Waals surface area contributed by atoms with Gasteiger partial charge in [0, 0.05) is 12.2 Å². The molecule has 0 spiro atoms. The van der Waals surface area contributed by atoms with Crippen molar-refractivity contribution in [1.82, 2.24) is 9.99 Å². The number of carboxylic acid groups (broad SMARTS) is 1. The van der Waals surface area contributed by atoms with Crippen LogP contribution in [0.1, 0.15) is 57.4 Å². The van der Waals surface area contributed by atoms with E-state index in [1.807, 2.05) is 30.3 Å². The van der Waals surface area contributed by atoms with Crippen LogP contribution in [0.2, 0.25) is 0 Å². The molecule has 0 saturated heterocycles. The van der Waals surface area contributed by atoms with E-state index >= 15 is 0 Å². The molecule has 162 valence electrons. The van der Waals surface area contributed by atoms with Crippen molar-refractivity contribution in [2.75, 3.05) is 12.7 Å². The third-order valence-corrected chi connectivity index (χ3v) is 7.10. The van der Waals surface area contributed by atoms with Crippen LogP contribution in [0.25, 0.3) is 0 Å². The first-order chi connectivity index (χ1) is 13.8. The van der Waals surface area contributed by atoms with Crippen molar-refractivity contribution in [3.05, 3.63) is 35.9 Å². The Balaban J connectivity index is 1.85. The minimum atomic E-state index is -3.68. The van der Waals surface area contributed by atoms with Crippen molar-refractivity contribution in [2.24, 2.45) is 0 Å². The number of nitrogens with one attached hydrogen (secondary N) is 1. The maximum absolute atomic E-state index is 12.8. The number of hydrogen-bond acceptors (Lipinski definition) is 3. The van der Waals surface area contributed by atoms with Gasteiger partial charge in [-0.25, -0.2) is 5.09 Å². The molecule has 1 aromatic carbocycles. The van der Waals surface area contributed by atoms with Crippen LogP contribution in [0.15, 0.2) is 30.3 Å². The zero-order valence-corrected chi connectivity index (χ0v) is 18.0. The number of carbonyl (C=O) groups excluding carboxylic acids is 1. The molecule has 2 atom stereocenters. The van der Waals surface area contributed by atoms with Crippen molar-refractivity contribution < 1.29 is 24.2 Å². The summed E-state index contributed by atoms with van der Waals surface area (Å²) in [5, 5.41) is 11.8. The number of carbonyl (C=O) groups is 2. The molecule has 8 heteroatoms. The molecule has 3 N–H and O–H groups in total. The van der Waals surface area contributed by atoms with Gasteiger partial charge < -0.3 is 14.9 Å². The summed E-state index contributed by atoms with van der Waals surface area (Å²) < 4.78 is 12.5. The van der Waals surface area contributed by atoms with Gasteiger partial charge in [0.25, 0.3) is 7.52 Å². The Bertz CT molecular complexity index is 706. The molecule has 2 rings (SSSR count). The van der Waals surface area contributed by atoms with Gasteiger partial charge in [-0.3, -0.25) is 14.2 Å². The van der Waals surface area contributed by atoms with Gasteiger partial charge >= 0.3 is 5.97 Å². The second-order valence-corrected chi connectivity index (χ2v) is 9.98. The van der Waals surface area contributed by atoms with Crippen LogP contribution in [0, 0.1) is 0 Å². The molecule has 0 radical (unpaired) electrons. The summed E-state index contributed by atoms with van der Waals surface area (Å²) in [5.74, 6) is -1.48. The van der Waals surface area contributed by atoms with Crippen molar-refractivity contribution in [3.63, 3.8) is 0 Å². The average molecular weight is 424 g/mol. The fraction of sp³-hybridized carbons (Fsp3) is 0.619. The standard InChI is InChI=1S/C21H33N2O5P/c1-17(21(26)23(16-20(24)25)19-13-6-3-7-14-19)22-29(27,28)15-9-8-12-18-10-4-2-5-11-18/h2,4-5,10-11,17,19H,3,6-9,12-16H2,1H3,(H,24,25)(H2,22,27,28)/t17-/m0/s1. The van der Waals surface area contributed by atoms with E-state index in [1.165, 1.54) is 17.4 Å². The maximum Gasteiger partial charge on any atom is 0.323 e. The molecule has 1 saturated carbocycles. The monoisotopic (exact) mass is 424 g/mol.